The second-order valence-electron chi connectivity index (χ2n) is 10.4. The van der Waals surface area contributed by atoms with Crippen molar-refractivity contribution in [1.82, 2.24) is 4.98 Å². The molecule has 238 valence electrons. The number of allylic oxidation sites excluding steroid dienone is 1. The molecule has 0 fully saturated rings. The number of rotatable bonds is 12. The van der Waals surface area contributed by atoms with Crippen LogP contribution in [0.25, 0.3) is 17.0 Å². The van der Waals surface area contributed by atoms with Crippen LogP contribution < -0.4 is 14.2 Å². The fraction of sp³-hybridized carbons (Fsp3) is 0.294. The molecule has 3 aromatic carbocycles. The Labute approximate surface area is 256 Å². The van der Waals surface area contributed by atoms with Gasteiger partial charge in [-0.15, -0.1) is 0 Å². The van der Waals surface area contributed by atoms with E-state index < -0.39 is 23.6 Å². The number of hydrogen-bond donors (Lipinski definition) is 0. The van der Waals surface area contributed by atoms with Crippen LogP contribution in [0.3, 0.4) is 0 Å². The van der Waals surface area contributed by atoms with E-state index in [-0.39, 0.29) is 30.3 Å². The Kier molecular flexibility index (Phi) is 10.4. The standard InChI is InChI=1S/C34H31F6NO4/c1-4-5-6-24(21(2)42)16-25-17-27(12-14-30(25)45-19-22-7-10-26(11-8-22)33(35,36)37)44-20-23-9-13-29-28(15-23)31(43-3)18-32(41-29)34(38,39)40/h7-18H,4-6,19-20H2,1-3H3/b24-16+. The molecule has 0 aliphatic carbocycles. The third kappa shape index (κ3) is 8.77. The van der Waals surface area contributed by atoms with Crippen molar-refractivity contribution in [3.8, 4) is 17.2 Å². The molecule has 11 heteroatoms. The minimum Gasteiger partial charge on any atom is -0.496 e. The van der Waals surface area contributed by atoms with Crippen LogP contribution in [0, 0.1) is 0 Å². The second-order valence-corrected chi connectivity index (χ2v) is 10.4. The van der Waals surface area contributed by atoms with E-state index in [0.29, 0.717) is 45.6 Å². The van der Waals surface area contributed by atoms with Crippen LogP contribution in [0.5, 0.6) is 17.2 Å². The first-order valence-corrected chi connectivity index (χ1v) is 14.1. The van der Waals surface area contributed by atoms with Gasteiger partial charge in [-0.05, 0) is 85.0 Å². The number of ketones is 1. The summed E-state index contributed by atoms with van der Waals surface area (Å²) >= 11 is 0. The summed E-state index contributed by atoms with van der Waals surface area (Å²) in [4.78, 5) is 16.1. The van der Waals surface area contributed by atoms with Crippen LogP contribution in [-0.4, -0.2) is 17.9 Å². The fourth-order valence-corrected chi connectivity index (χ4v) is 4.53. The molecule has 0 aliphatic rings. The van der Waals surface area contributed by atoms with Gasteiger partial charge in [0.05, 0.1) is 18.2 Å². The summed E-state index contributed by atoms with van der Waals surface area (Å²) in [6.45, 7) is 3.54. The summed E-state index contributed by atoms with van der Waals surface area (Å²) < 4.78 is 95.7. The van der Waals surface area contributed by atoms with Crippen LogP contribution in [0.15, 0.2) is 72.3 Å². The van der Waals surface area contributed by atoms with E-state index in [9.17, 15) is 31.1 Å². The molecular weight excluding hydrogens is 600 g/mol. The quantitative estimate of drug-likeness (QED) is 0.115. The molecule has 1 aromatic heterocycles. The molecule has 0 saturated carbocycles. The molecule has 0 atom stereocenters. The zero-order valence-electron chi connectivity index (χ0n) is 24.8. The molecule has 0 saturated heterocycles. The van der Waals surface area contributed by atoms with Gasteiger partial charge in [0.25, 0.3) is 0 Å². The monoisotopic (exact) mass is 631 g/mol. The van der Waals surface area contributed by atoms with E-state index in [0.717, 1.165) is 31.0 Å². The molecule has 0 unspecified atom stereocenters. The first-order chi connectivity index (χ1) is 21.3. The number of hydrogen-bond acceptors (Lipinski definition) is 5. The highest BCUT2D eigenvalue weighted by Crippen LogP contribution is 2.35. The number of alkyl halides is 6. The Morgan fingerprint density at radius 2 is 1.51 bits per heavy atom. The largest absolute Gasteiger partial charge is 0.496 e. The number of Topliss-reactive ketones (excluding diaryl/α,β-unsaturated/α-hetero) is 1. The van der Waals surface area contributed by atoms with Crippen molar-refractivity contribution in [2.24, 2.45) is 0 Å². The SMILES string of the molecule is CCCC/C(=C\c1cc(OCc2ccc3nc(C(F)(F)F)cc(OC)c3c2)ccc1OCc1ccc(C(F)(F)F)cc1)C(C)=O. The number of ether oxygens (including phenoxy) is 3. The van der Waals surface area contributed by atoms with Gasteiger partial charge in [0.15, 0.2) is 5.78 Å². The lowest BCUT2D eigenvalue weighted by Crippen LogP contribution is -2.08. The van der Waals surface area contributed by atoms with Gasteiger partial charge in [-0.2, -0.15) is 26.3 Å². The van der Waals surface area contributed by atoms with Crippen molar-refractivity contribution in [2.45, 2.75) is 58.7 Å². The fourth-order valence-electron chi connectivity index (χ4n) is 4.53. The zero-order valence-corrected chi connectivity index (χ0v) is 24.8. The number of benzene rings is 3. The molecule has 0 spiro atoms. The summed E-state index contributed by atoms with van der Waals surface area (Å²) in [6, 6.07) is 15.2. The van der Waals surface area contributed by atoms with Crippen LogP contribution in [0.1, 0.15) is 61.1 Å². The Balaban J connectivity index is 1.59. The summed E-state index contributed by atoms with van der Waals surface area (Å²) in [6.07, 6.45) is -5.11. The zero-order chi connectivity index (χ0) is 32.8. The van der Waals surface area contributed by atoms with Gasteiger partial charge in [0.1, 0.15) is 36.2 Å². The normalized spacial score (nSPS) is 12.3. The van der Waals surface area contributed by atoms with Gasteiger partial charge < -0.3 is 14.2 Å². The first kappa shape index (κ1) is 33.4. The number of aromatic nitrogens is 1. The third-order valence-electron chi connectivity index (χ3n) is 6.99. The lowest BCUT2D eigenvalue weighted by Gasteiger charge is -2.15. The van der Waals surface area contributed by atoms with Crippen molar-refractivity contribution in [1.29, 1.82) is 0 Å². The highest BCUT2D eigenvalue weighted by molar-refractivity contribution is 5.98. The minimum atomic E-state index is -4.62. The Morgan fingerprint density at radius 3 is 2.13 bits per heavy atom. The average Bonchev–Trinajstić information content (AvgIpc) is 3.00. The van der Waals surface area contributed by atoms with Gasteiger partial charge in [0.2, 0.25) is 0 Å². The summed E-state index contributed by atoms with van der Waals surface area (Å²) in [5.41, 5.74) is 0.613. The van der Waals surface area contributed by atoms with Gasteiger partial charge in [-0.25, -0.2) is 4.98 Å². The Hall–Kier alpha value is -4.54. The molecular formula is C34H31F6NO4. The molecule has 1 heterocycles. The summed E-state index contributed by atoms with van der Waals surface area (Å²) in [7, 11) is 1.28. The molecule has 0 amide bonds. The van der Waals surface area contributed by atoms with Crippen molar-refractivity contribution in [3.05, 3.63) is 100 Å². The first-order valence-electron chi connectivity index (χ1n) is 14.1. The smallest absolute Gasteiger partial charge is 0.433 e. The number of carbonyl (C=O) groups is 1. The lowest BCUT2D eigenvalue weighted by molar-refractivity contribution is -0.141. The predicted molar refractivity (Wildman–Crippen MR) is 158 cm³/mol. The van der Waals surface area contributed by atoms with E-state index in [1.165, 1.54) is 32.2 Å². The van der Waals surface area contributed by atoms with Crippen molar-refractivity contribution in [3.63, 3.8) is 0 Å². The number of unbranched alkanes of at least 4 members (excludes halogenated alkanes) is 1. The van der Waals surface area contributed by atoms with E-state index in [4.69, 9.17) is 14.2 Å². The molecule has 4 aromatic rings. The topological polar surface area (TPSA) is 57.6 Å². The van der Waals surface area contributed by atoms with Crippen molar-refractivity contribution >= 4 is 22.8 Å². The third-order valence-corrected chi connectivity index (χ3v) is 6.99. The molecule has 0 bridgehead atoms. The van der Waals surface area contributed by atoms with Gasteiger partial charge in [-0.1, -0.05) is 31.5 Å². The molecule has 5 nitrogen and oxygen atoms in total. The maximum atomic E-state index is 13.2. The van der Waals surface area contributed by atoms with E-state index >= 15 is 0 Å². The van der Waals surface area contributed by atoms with E-state index in [1.807, 2.05) is 6.92 Å². The number of fused-ring (bicyclic) bond motifs is 1. The van der Waals surface area contributed by atoms with Crippen LogP contribution in [0.4, 0.5) is 26.3 Å². The van der Waals surface area contributed by atoms with E-state index in [1.54, 1.807) is 36.4 Å². The molecule has 0 aliphatic heterocycles. The number of nitrogens with zero attached hydrogens (tertiary/aromatic N) is 1. The summed E-state index contributed by atoms with van der Waals surface area (Å²) in [5, 5.41) is 0.393. The predicted octanol–water partition coefficient (Wildman–Crippen LogP) is 9.60. The summed E-state index contributed by atoms with van der Waals surface area (Å²) in [5.74, 6) is 0.759. The van der Waals surface area contributed by atoms with E-state index in [2.05, 4.69) is 4.98 Å². The molecule has 4 rings (SSSR count). The van der Waals surface area contributed by atoms with Gasteiger partial charge in [0, 0.05) is 17.0 Å². The number of carbonyl (C=O) groups excluding carboxylic acids is 1. The Morgan fingerprint density at radius 1 is 0.822 bits per heavy atom. The average molecular weight is 632 g/mol. The number of halogens is 6. The second kappa shape index (κ2) is 14.0. The lowest BCUT2D eigenvalue weighted by atomic mass is 10.0. The number of pyridine rings is 1. The van der Waals surface area contributed by atoms with Crippen LogP contribution in [-0.2, 0) is 30.4 Å². The maximum absolute atomic E-state index is 13.2. The Bertz CT molecular complexity index is 1680. The van der Waals surface area contributed by atoms with Gasteiger partial charge >= 0.3 is 12.4 Å². The van der Waals surface area contributed by atoms with Crippen LogP contribution >= 0.6 is 0 Å². The minimum absolute atomic E-state index is 0.00738. The number of methoxy groups -OCH3 is 1. The highest BCUT2D eigenvalue weighted by atomic mass is 19.4. The maximum Gasteiger partial charge on any atom is 0.433 e. The molecule has 0 radical (unpaired) electrons. The highest BCUT2D eigenvalue weighted by Gasteiger charge is 2.33. The van der Waals surface area contributed by atoms with Crippen LogP contribution in [0.2, 0.25) is 0 Å². The van der Waals surface area contributed by atoms with Crippen molar-refractivity contribution < 1.29 is 45.3 Å². The molecule has 45 heavy (non-hydrogen) atoms. The van der Waals surface area contributed by atoms with Crippen molar-refractivity contribution in [2.75, 3.05) is 7.11 Å². The molecule has 0 N–H and O–H groups in total. The van der Waals surface area contributed by atoms with Gasteiger partial charge in [-0.3, -0.25) is 4.79 Å².